The molecular formula is C12H26N2. The first-order valence-electron chi connectivity index (χ1n) is 5.32. The van der Waals surface area contributed by atoms with Gasteiger partial charge in [-0.1, -0.05) is 20.8 Å². The lowest BCUT2D eigenvalue weighted by Gasteiger charge is -2.30. The predicted molar refractivity (Wildman–Crippen MR) is 64.1 cm³/mol. The van der Waals surface area contributed by atoms with E-state index in [0.29, 0.717) is 5.41 Å². The molecule has 0 N–H and O–H groups in total. The van der Waals surface area contributed by atoms with E-state index in [4.69, 9.17) is 0 Å². The molecule has 0 saturated heterocycles. The van der Waals surface area contributed by atoms with E-state index in [1.807, 2.05) is 0 Å². The van der Waals surface area contributed by atoms with Gasteiger partial charge in [-0.15, -0.1) is 0 Å². The van der Waals surface area contributed by atoms with Gasteiger partial charge in [-0.3, -0.25) is 0 Å². The molecule has 0 amide bonds. The quantitative estimate of drug-likeness (QED) is 0.685. The molecule has 0 aromatic heterocycles. The van der Waals surface area contributed by atoms with E-state index < -0.39 is 0 Å². The molecule has 0 aliphatic heterocycles. The summed E-state index contributed by atoms with van der Waals surface area (Å²) in [6.45, 7) is 10.0. The zero-order valence-electron chi connectivity index (χ0n) is 10.9. The highest BCUT2D eigenvalue weighted by molar-refractivity contribution is 4.95. The van der Waals surface area contributed by atoms with E-state index in [0.717, 1.165) is 6.54 Å². The molecule has 0 aromatic rings. The molecular weight excluding hydrogens is 172 g/mol. The molecule has 0 fully saturated rings. The maximum atomic E-state index is 2.31. The predicted octanol–water partition coefficient (Wildman–Crippen LogP) is 2.78. The molecule has 14 heavy (non-hydrogen) atoms. The Hall–Kier alpha value is -0.660. The van der Waals surface area contributed by atoms with Crippen LogP contribution >= 0.6 is 0 Å². The van der Waals surface area contributed by atoms with Crippen molar-refractivity contribution >= 4 is 0 Å². The van der Waals surface area contributed by atoms with Crippen LogP contribution in [0, 0.1) is 5.41 Å². The second-order valence-electron chi connectivity index (χ2n) is 5.27. The summed E-state index contributed by atoms with van der Waals surface area (Å²) >= 11 is 0. The normalized spacial score (nSPS) is 12.9. The Balaban J connectivity index is 4.14. The van der Waals surface area contributed by atoms with E-state index in [2.05, 4.69) is 64.7 Å². The Morgan fingerprint density at radius 2 is 1.64 bits per heavy atom. The molecule has 0 radical (unpaired) electrons. The number of nitrogens with zero attached hydrogens (tertiary/aromatic N) is 2. The fraction of sp³-hybridized carbons (Fsp3) is 0.833. The van der Waals surface area contributed by atoms with Crippen molar-refractivity contribution in [3.05, 3.63) is 11.9 Å². The lowest BCUT2D eigenvalue weighted by atomic mass is 9.92. The van der Waals surface area contributed by atoms with Crippen molar-refractivity contribution < 1.29 is 0 Å². The Labute approximate surface area is 89.6 Å². The molecule has 0 spiro atoms. The molecule has 0 unspecified atom stereocenters. The van der Waals surface area contributed by atoms with Gasteiger partial charge in [-0.2, -0.15) is 0 Å². The first-order chi connectivity index (χ1) is 6.28. The molecule has 2 nitrogen and oxygen atoms in total. The monoisotopic (exact) mass is 198 g/mol. The van der Waals surface area contributed by atoms with Crippen molar-refractivity contribution in [1.29, 1.82) is 0 Å². The molecule has 0 heterocycles. The minimum atomic E-state index is 0.416. The van der Waals surface area contributed by atoms with Crippen LogP contribution in [0.15, 0.2) is 11.9 Å². The fourth-order valence-electron chi connectivity index (χ4n) is 1.44. The third-order valence-electron chi connectivity index (χ3n) is 2.30. The van der Waals surface area contributed by atoms with E-state index in [1.165, 1.54) is 12.2 Å². The van der Waals surface area contributed by atoms with Crippen LogP contribution in [0.4, 0.5) is 0 Å². The van der Waals surface area contributed by atoms with Crippen molar-refractivity contribution in [2.45, 2.75) is 34.1 Å². The summed E-state index contributed by atoms with van der Waals surface area (Å²) in [6.07, 6.45) is 3.37. The molecule has 2 heteroatoms. The maximum Gasteiger partial charge on any atom is 0.0987 e. The van der Waals surface area contributed by atoms with Gasteiger partial charge in [-0.25, -0.2) is 0 Å². The van der Waals surface area contributed by atoms with Gasteiger partial charge in [0.2, 0.25) is 0 Å². The van der Waals surface area contributed by atoms with Gasteiger partial charge >= 0.3 is 0 Å². The van der Waals surface area contributed by atoms with Crippen molar-refractivity contribution in [2.75, 3.05) is 27.7 Å². The van der Waals surface area contributed by atoms with Crippen LogP contribution in [0.2, 0.25) is 0 Å². The van der Waals surface area contributed by atoms with E-state index >= 15 is 0 Å². The smallest absolute Gasteiger partial charge is 0.0987 e. The molecule has 0 aliphatic carbocycles. The molecule has 0 atom stereocenters. The molecule has 0 bridgehead atoms. The number of rotatable bonds is 4. The number of hydrogen-bond donors (Lipinski definition) is 0. The fourth-order valence-corrected chi connectivity index (χ4v) is 1.44. The lowest BCUT2D eigenvalue weighted by molar-refractivity contribution is 0.253. The van der Waals surface area contributed by atoms with Crippen LogP contribution in [-0.2, 0) is 0 Å². The first kappa shape index (κ1) is 13.3. The van der Waals surface area contributed by atoms with Gasteiger partial charge in [0.1, 0.15) is 0 Å². The maximum absolute atomic E-state index is 2.31. The Morgan fingerprint density at radius 1 is 1.14 bits per heavy atom. The third kappa shape index (κ3) is 5.15. The first-order valence-corrected chi connectivity index (χ1v) is 5.32. The molecule has 84 valence electrons. The second kappa shape index (κ2) is 5.28. The highest BCUT2D eigenvalue weighted by Crippen LogP contribution is 2.19. The highest BCUT2D eigenvalue weighted by atomic mass is 15.3. The van der Waals surface area contributed by atoms with Crippen LogP contribution in [-0.4, -0.2) is 37.5 Å². The average molecular weight is 198 g/mol. The number of allylic oxidation sites excluding steroid dienone is 1. The average Bonchev–Trinajstić information content (AvgIpc) is 2.00. The van der Waals surface area contributed by atoms with Gasteiger partial charge in [0.25, 0.3) is 0 Å². The lowest BCUT2D eigenvalue weighted by Crippen LogP contribution is -2.30. The molecule has 0 aromatic carbocycles. The van der Waals surface area contributed by atoms with Crippen molar-refractivity contribution in [2.24, 2.45) is 5.41 Å². The summed E-state index contributed by atoms with van der Waals surface area (Å²) in [5.41, 5.74) is 0.416. The Morgan fingerprint density at radius 3 is 1.93 bits per heavy atom. The van der Waals surface area contributed by atoms with E-state index in [1.54, 1.807) is 0 Å². The standard InChI is InChI=1S/C12H26N2/c1-8-11(13(5)6)14(7)10-9-12(2,3)4/h8H,9-10H2,1-7H3/b11-8-. The molecule has 0 rings (SSSR count). The van der Waals surface area contributed by atoms with Gasteiger partial charge in [0.15, 0.2) is 0 Å². The third-order valence-corrected chi connectivity index (χ3v) is 2.30. The van der Waals surface area contributed by atoms with Gasteiger partial charge < -0.3 is 9.80 Å². The summed E-state index contributed by atoms with van der Waals surface area (Å²) in [7, 11) is 6.33. The van der Waals surface area contributed by atoms with E-state index in [9.17, 15) is 0 Å². The summed E-state index contributed by atoms with van der Waals surface area (Å²) < 4.78 is 0. The summed E-state index contributed by atoms with van der Waals surface area (Å²) in [4.78, 5) is 4.47. The number of hydrogen-bond acceptors (Lipinski definition) is 2. The van der Waals surface area contributed by atoms with Crippen LogP contribution < -0.4 is 0 Å². The summed E-state index contributed by atoms with van der Waals surface area (Å²) in [6, 6.07) is 0. The minimum Gasteiger partial charge on any atom is -0.365 e. The van der Waals surface area contributed by atoms with Gasteiger partial charge in [0.05, 0.1) is 5.82 Å². The van der Waals surface area contributed by atoms with Gasteiger partial charge in [-0.05, 0) is 24.8 Å². The largest absolute Gasteiger partial charge is 0.365 e. The van der Waals surface area contributed by atoms with E-state index in [-0.39, 0.29) is 0 Å². The van der Waals surface area contributed by atoms with Crippen LogP contribution in [0.5, 0.6) is 0 Å². The SMILES string of the molecule is C/C=C(/N(C)C)N(C)CCC(C)(C)C. The zero-order valence-corrected chi connectivity index (χ0v) is 10.9. The Kier molecular flexibility index (Phi) is 5.03. The summed E-state index contributed by atoms with van der Waals surface area (Å²) in [5.74, 6) is 1.29. The molecule has 0 aliphatic rings. The minimum absolute atomic E-state index is 0.416. The van der Waals surface area contributed by atoms with Gasteiger partial charge in [0, 0.05) is 27.7 Å². The second-order valence-corrected chi connectivity index (χ2v) is 5.27. The van der Waals surface area contributed by atoms with Crippen LogP contribution in [0.1, 0.15) is 34.1 Å². The van der Waals surface area contributed by atoms with Crippen molar-refractivity contribution in [1.82, 2.24) is 9.80 Å². The molecule has 0 saturated carbocycles. The topological polar surface area (TPSA) is 6.48 Å². The Bertz CT molecular complexity index is 187. The summed E-state index contributed by atoms with van der Waals surface area (Å²) in [5, 5.41) is 0. The van der Waals surface area contributed by atoms with Crippen molar-refractivity contribution in [3.63, 3.8) is 0 Å². The highest BCUT2D eigenvalue weighted by Gasteiger charge is 2.12. The van der Waals surface area contributed by atoms with Crippen LogP contribution in [0.25, 0.3) is 0 Å². The zero-order chi connectivity index (χ0) is 11.4. The van der Waals surface area contributed by atoms with Crippen molar-refractivity contribution in [3.8, 4) is 0 Å². The van der Waals surface area contributed by atoms with Crippen LogP contribution in [0.3, 0.4) is 0 Å².